The zero-order valence-electron chi connectivity index (χ0n) is 9.97. The van der Waals surface area contributed by atoms with Crippen LogP contribution >= 0.6 is 11.8 Å². The van der Waals surface area contributed by atoms with Gasteiger partial charge in [0.1, 0.15) is 0 Å². The summed E-state index contributed by atoms with van der Waals surface area (Å²) < 4.78 is 0. The molecular formula is C11H25NOS. The second-order valence-electron chi connectivity index (χ2n) is 4.47. The van der Waals surface area contributed by atoms with E-state index >= 15 is 0 Å². The van der Waals surface area contributed by atoms with Gasteiger partial charge in [0.25, 0.3) is 0 Å². The van der Waals surface area contributed by atoms with E-state index in [-0.39, 0.29) is 12.1 Å². The van der Waals surface area contributed by atoms with Gasteiger partial charge < -0.3 is 10.4 Å². The summed E-state index contributed by atoms with van der Waals surface area (Å²) in [4.78, 5) is 0. The number of aliphatic hydroxyl groups is 1. The van der Waals surface area contributed by atoms with Crippen molar-refractivity contribution in [3.05, 3.63) is 0 Å². The first kappa shape index (κ1) is 14.3. The molecule has 0 heterocycles. The quantitative estimate of drug-likeness (QED) is 0.613. The molecule has 0 aliphatic rings. The zero-order chi connectivity index (χ0) is 11.0. The lowest BCUT2D eigenvalue weighted by Gasteiger charge is -2.28. The van der Waals surface area contributed by atoms with E-state index in [9.17, 15) is 5.11 Å². The Morgan fingerprint density at radius 2 is 2.07 bits per heavy atom. The maximum atomic E-state index is 9.25. The third-order valence-corrected chi connectivity index (χ3v) is 3.60. The molecule has 0 fully saturated rings. The Morgan fingerprint density at radius 3 is 2.50 bits per heavy atom. The van der Waals surface area contributed by atoms with Crippen molar-refractivity contribution in [2.75, 3.05) is 24.7 Å². The summed E-state index contributed by atoms with van der Waals surface area (Å²) in [6.45, 7) is 9.79. The minimum absolute atomic E-state index is 0.0846. The van der Waals surface area contributed by atoms with Crippen LogP contribution in [0.3, 0.4) is 0 Å². The number of hydrogen-bond acceptors (Lipinski definition) is 3. The third-order valence-electron chi connectivity index (χ3n) is 2.20. The molecule has 1 unspecified atom stereocenters. The minimum atomic E-state index is -0.0846. The first-order chi connectivity index (χ1) is 6.54. The van der Waals surface area contributed by atoms with E-state index in [1.807, 2.05) is 11.8 Å². The predicted molar refractivity (Wildman–Crippen MR) is 65.9 cm³/mol. The minimum Gasteiger partial charge on any atom is -0.394 e. The molecule has 0 spiro atoms. The Kier molecular flexibility index (Phi) is 7.69. The maximum absolute atomic E-state index is 9.25. The number of hydrogen-bond donors (Lipinski definition) is 2. The molecule has 0 aromatic heterocycles. The Labute approximate surface area is 92.9 Å². The molecule has 0 saturated carbocycles. The van der Waals surface area contributed by atoms with Gasteiger partial charge in [-0.2, -0.15) is 11.8 Å². The predicted octanol–water partition coefficient (Wildman–Crippen LogP) is 2.13. The van der Waals surface area contributed by atoms with Crippen molar-refractivity contribution in [1.82, 2.24) is 5.32 Å². The highest BCUT2D eigenvalue weighted by atomic mass is 32.2. The highest BCUT2D eigenvalue weighted by molar-refractivity contribution is 7.99. The largest absolute Gasteiger partial charge is 0.394 e. The molecule has 0 amide bonds. The summed E-state index contributed by atoms with van der Waals surface area (Å²) in [5.41, 5.74) is -0.0846. The van der Waals surface area contributed by atoms with Crippen LogP contribution in [-0.4, -0.2) is 35.3 Å². The highest BCUT2D eigenvalue weighted by Crippen LogP contribution is 2.15. The standard InChI is InChI=1S/C11H25NOS/c1-5-12-11(4,9-13)6-7-14-8-10(2)3/h10,12-13H,5-9H2,1-4H3. The van der Waals surface area contributed by atoms with Crippen molar-refractivity contribution in [3.63, 3.8) is 0 Å². The van der Waals surface area contributed by atoms with E-state index in [4.69, 9.17) is 0 Å². The molecule has 0 bridgehead atoms. The van der Waals surface area contributed by atoms with Crippen LogP contribution in [0.2, 0.25) is 0 Å². The van der Waals surface area contributed by atoms with Gasteiger partial charge in [-0.3, -0.25) is 0 Å². The Bertz CT molecular complexity index is 141. The number of aliphatic hydroxyl groups excluding tert-OH is 1. The van der Waals surface area contributed by atoms with Gasteiger partial charge in [-0.25, -0.2) is 0 Å². The fourth-order valence-corrected chi connectivity index (χ4v) is 2.50. The molecule has 0 saturated heterocycles. The average molecular weight is 219 g/mol. The van der Waals surface area contributed by atoms with E-state index in [0.717, 1.165) is 24.6 Å². The summed E-state index contributed by atoms with van der Waals surface area (Å²) in [6, 6.07) is 0. The van der Waals surface area contributed by atoms with Crippen LogP contribution in [0.4, 0.5) is 0 Å². The van der Waals surface area contributed by atoms with Gasteiger partial charge in [-0.05, 0) is 37.3 Å². The van der Waals surface area contributed by atoms with Gasteiger partial charge in [0.05, 0.1) is 6.61 Å². The van der Waals surface area contributed by atoms with Crippen molar-refractivity contribution in [3.8, 4) is 0 Å². The van der Waals surface area contributed by atoms with Crippen molar-refractivity contribution in [1.29, 1.82) is 0 Å². The Hall–Kier alpha value is 0.270. The van der Waals surface area contributed by atoms with Crippen molar-refractivity contribution < 1.29 is 5.11 Å². The van der Waals surface area contributed by atoms with Gasteiger partial charge in [0.15, 0.2) is 0 Å². The second kappa shape index (κ2) is 7.55. The normalized spacial score (nSPS) is 15.9. The van der Waals surface area contributed by atoms with Gasteiger partial charge in [0, 0.05) is 5.54 Å². The van der Waals surface area contributed by atoms with Crippen LogP contribution in [0.1, 0.15) is 34.1 Å². The Morgan fingerprint density at radius 1 is 1.43 bits per heavy atom. The first-order valence-electron chi connectivity index (χ1n) is 5.47. The monoisotopic (exact) mass is 219 g/mol. The number of likely N-dealkylation sites (N-methyl/N-ethyl adjacent to an activating group) is 1. The van der Waals surface area contributed by atoms with Crippen LogP contribution in [0.5, 0.6) is 0 Å². The second-order valence-corrected chi connectivity index (χ2v) is 5.62. The van der Waals surface area contributed by atoms with E-state index < -0.39 is 0 Å². The summed E-state index contributed by atoms with van der Waals surface area (Å²) in [6.07, 6.45) is 1.04. The molecule has 1 atom stereocenters. The van der Waals surface area contributed by atoms with E-state index in [1.54, 1.807) is 0 Å². The fraction of sp³-hybridized carbons (Fsp3) is 1.00. The van der Waals surface area contributed by atoms with Crippen molar-refractivity contribution >= 4 is 11.8 Å². The Balaban J connectivity index is 3.61. The lowest BCUT2D eigenvalue weighted by Crippen LogP contribution is -2.46. The fourth-order valence-electron chi connectivity index (χ4n) is 1.27. The zero-order valence-corrected chi connectivity index (χ0v) is 10.8. The first-order valence-corrected chi connectivity index (χ1v) is 6.63. The maximum Gasteiger partial charge on any atom is 0.0610 e. The smallest absolute Gasteiger partial charge is 0.0610 e. The lowest BCUT2D eigenvalue weighted by atomic mass is 10.0. The van der Waals surface area contributed by atoms with Crippen LogP contribution in [-0.2, 0) is 0 Å². The molecule has 14 heavy (non-hydrogen) atoms. The molecule has 2 N–H and O–H groups in total. The molecule has 0 radical (unpaired) electrons. The van der Waals surface area contributed by atoms with Crippen LogP contribution < -0.4 is 5.32 Å². The van der Waals surface area contributed by atoms with Gasteiger partial charge in [-0.15, -0.1) is 0 Å². The molecule has 0 rings (SSSR count). The van der Waals surface area contributed by atoms with E-state index in [0.29, 0.717) is 0 Å². The summed E-state index contributed by atoms with van der Waals surface area (Å²) in [7, 11) is 0. The van der Waals surface area contributed by atoms with Gasteiger partial charge in [-0.1, -0.05) is 20.8 Å². The molecule has 0 aliphatic heterocycles. The third kappa shape index (κ3) is 6.68. The topological polar surface area (TPSA) is 32.3 Å². The molecule has 0 aliphatic carbocycles. The van der Waals surface area contributed by atoms with Crippen molar-refractivity contribution in [2.24, 2.45) is 5.92 Å². The van der Waals surface area contributed by atoms with Gasteiger partial charge >= 0.3 is 0 Å². The van der Waals surface area contributed by atoms with Gasteiger partial charge in [0.2, 0.25) is 0 Å². The molecular weight excluding hydrogens is 194 g/mol. The number of nitrogens with one attached hydrogen (secondary N) is 1. The van der Waals surface area contributed by atoms with E-state index in [2.05, 4.69) is 33.0 Å². The molecule has 86 valence electrons. The van der Waals surface area contributed by atoms with Crippen molar-refractivity contribution in [2.45, 2.75) is 39.7 Å². The summed E-state index contributed by atoms with van der Waals surface area (Å²) in [5.74, 6) is 3.11. The number of rotatable bonds is 8. The van der Waals surface area contributed by atoms with Crippen LogP contribution in [0.15, 0.2) is 0 Å². The molecule has 3 heteroatoms. The molecule has 2 nitrogen and oxygen atoms in total. The average Bonchev–Trinajstić information content (AvgIpc) is 2.13. The summed E-state index contributed by atoms with van der Waals surface area (Å²) >= 11 is 1.98. The van der Waals surface area contributed by atoms with Crippen LogP contribution in [0, 0.1) is 5.92 Å². The van der Waals surface area contributed by atoms with Crippen LogP contribution in [0.25, 0.3) is 0 Å². The SMILES string of the molecule is CCNC(C)(CO)CCSCC(C)C. The number of thioether (sulfide) groups is 1. The highest BCUT2D eigenvalue weighted by Gasteiger charge is 2.20. The molecule has 0 aromatic carbocycles. The van der Waals surface area contributed by atoms with E-state index in [1.165, 1.54) is 5.75 Å². The lowest BCUT2D eigenvalue weighted by molar-refractivity contribution is 0.173. The molecule has 0 aromatic rings. The summed E-state index contributed by atoms with van der Waals surface area (Å²) in [5, 5.41) is 12.6.